The fraction of sp³-hybridized carbons (Fsp3) is 0.448. The maximum atomic E-state index is 14.6. The van der Waals surface area contributed by atoms with E-state index in [1.807, 2.05) is 0 Å². The number of rotatable bonds is 6. The van der Waals surface area contributed by atoms with E-state index in [0.29, 0.717) is 6.42 Å². The van der Waals surface area contributed by atoms with Crippen LogP contribution in [-0.4, -0.2) is 64.1 Å². The zero-order valence-electron chi connectivity index (χ0n) is 24.2. The molecular formula is C29H33F5N4O6. The second-order valence-electron chi connectivity index (χ2n) is 10.8. The minimum Gasteiger partial charge on any atom is -0.507 e. The summed E-state index contributed by atoms with van der Waals surface area (Å²) in [6.45, 7) is 5.89. The number of halogens is 5. The molecular weight excluding hydrogens is 595 g/mol. The summed E-state index contributed by atoms with van der Waals surface area (Å²) in [7, 11) is 0. The van der Waals surface area contributed by atoms with Crippen molar-refractivity contribution < 1.29 is 51.3 Å². The Bertz CT molecular complexity index is 1410. The smallest absolute Gasteiger partial charge is 0.255 e. The molecule has 15 heteroatoms. The number of hydrogen-bond acceptors (Lipinski definition) is 6. The maximum absolute atomic E-state index is 14.6. The van der Waals surface area contributed by atoms with Gasteiger partial charge < -0.3 is 31.5 Å². The lowest BCUT2D eigenvalue weighted by Crippen LogP contribution is -2.64. The molecule has 1 heterocycles. The zero-order chi connectivity index (χ0) is 33.0. The van der Waals surface area contributed by atoms with E-state index < -0.39 is 113 Å². The number of aliphatic hydroxyl groups excluding tert-OH is 1. The Kier molecular flexibility index (Phi) is 10.9. The molecule has 240 valence electrons. The second-order valence-corrected chi connectivity index (χ2v) is 10.8. The van der Waals surface area contributed by atoms with E-state index >= 15 is 0 Å². The maximum Gasteiger partial charge on any atom is 0.255 e. The Hall–Kier alpha value is -4.27. The van der Waals surface area contributed by atoms with Gasteiger partial charge in [-0.3, -0.25) is 19.2 Å². The summed E-state index contributed by atoms with van der Waals surface area (Å²) in [5.74, 6) is -17.4. The summed E-state index contributed by atoms with van der Waals surface area (Å²) < 4.78 is 70.9. The van der Waals surface area contributed by atoms with E-state index in [0.717, 1.165) is 0 Å². The number of carbonyl (C=O) groups excluding carboxylic acids is 4. The number of aliphatic hydroxyl groups is 1. The highest BCUT2D eigenvalue weighted by molar-refractivity contribution is 6.00. The molecule has 0 radical (unpaired) electrons. The van der Waals surface area contributed by atoms with Crippen molar-refractivity contribution in [2.75, 3.05) is 0 Å². The first kappa shape index (κ1) is 34.2. The largest absolute Gasteiger partial charge is 0.507 e. The lowest BCUT2D eigenvalue weighted by molar-refractivity contribution is -0.137. The van der Waals surface area contributed by atoms with Crippen molar-refractivity contribution in [2.45, 2.75) is 70.8 Å². The van der Waals surface area contributed by atoms with Crippen molar-refractivity contribution in [3.63, 3.8) is 0 Å². The molecule has 0 aromatic heterocycles. The number of phenolic OH excluding ortho intramolecular Hbond substituents is 1. The van der Waals surface area contributed by atoms with E-state index in [2.05, 4.69) is 21.3 Å². The van der Waals surface area contributed by atoms with Gasteiger partial charge >= 0.3 is 0 Å². The molecule has 3 rings (SSSR count). The lowest BCUT2D eigenvalue weighted by atomic mass is 9.89. The molecule has 0 spiro atoms. The fourth-order valence-corrected chi connectivity index (χ4v) is 4.77. The molecule has 7 atom stereocenters. The molecule has 1 aliphatic heterocycles. The van der Waals surface area contributed by atoms with Gasteiger partial charge in [0.15, 0.2) is 23.3 Å². The molecule has 1 saturated heterocycles. The molecule has 6 N–H and O–H groups in total. The van der Waals surface area contributed by atoms with Crippen LogP contribution in [0.5, 0.6) is 5.75 Å². The van der Waals surface area contributed by atoms with Gasteiger partial charge in [-0.15, -0.1) is 0 Å². The van der Waals surface area contributed by atoms with Gasteiger partial charge in [-0.1, -0.05) is 39.3 Å². The molecule has 10 nitrogen and oxygen atoms in total. The predicted molar refractivity (Wildman–Crippen MR) is 145 cm³/mol. The summed E-state index contributed by atoms with van der Waals surface area (Å²) in [5.41, 5.74) is -1.61. The molecule has 1 fully saturated rings. The second kappa shape index (κ2) is 14.0. The van der Waals surface area contributed by atoms with Crippen LogP contribution < -0.4 is 21.3 Å². The Morgan fingerprint density at radius 1 is 0.886 bits per heavy atom. The van der Waals surface area contributed by atoms with Crippen molar-refractivity contribution >= 4 is 23.6 Å². The van der Waals surface area contributed by atoms with E-state index in [9.17, 15) is 51.3 Å². The third-order valence-corrected chi connectivity index (χ3v) is 7.77. The highest BCUT2D eigenvalue weighted by Gasteiger charge is 2.40. The van der Waals surface area contributed by atoms with Crippen molar-refractivity contribution in [1.82, 2.24) is 21.3 Å². The van der Waals surface area contributed by atoms with Gasteiger partial charge in [-0.05, 0) is 25.0 Å². The van der Waals surface area contributed by atoms with Gasteiger partial charge in [0, 0.05) is 12.0 Å². The molecule has 44 heavy (non-hydrogen) atoms. The van der Waals surface area contributed by atoms with E-state index in [4.69, 9.17) is 0 Å². The summed E-state index contributed by atoms with van der Waals surface area (Å²) in [4.78, 5) is 53.0. The molecule has 2 unspecified atom stereocenters. The first-order valence-electron chi connectivity index (χ1n) is 13.8. The predicted octanol–water partition coefficient (Wildman–Crippen LogP) is 1.96. The Morgan fingerprint density at radius 3 is 2.02 bits per heavy atom. The quantitative estimate of drug-likeness (QED) is 0.163. The Balaban J connectivity index is 2.11. The molecule has 1 aliphatic rings. The molecule has 2 aromatic carbocycles. The number of carbonyl (C=O) groups is 4. The van der Waals surface area contributed by atoms with Crippen LogP contribution in [0, 0.1) is 40.9 Å². The van der Waals surface area contributed by atoms with Crippen molar-refractivity contribution in [3.8, 4) is 5.75 Å². The highest BCUT2D eigenvalue weighted by Crippen LogP contribution is 2.26. The third-order valence-electron chi connectivity index (χ3n) is 7.77. The van der Waals surface area contributed by atoms with Crippen LogP contribution in [0.25, 0.3) is 0 Å². The number of para-hydroxylation sites is 1. The van der Waals surface area contributed by atoms with Crippen LogP contribution >= 0.6 is 0 Å². The highest BCUT2D eigenvalue weighted by atomic mass is 19.2. The molecule has 0 bridgehead atoms. The van der Waals surface area contributed by atoms with Crippen LogP contribution in [0.15, 0.2) is 24.3 Å². The van der Waals surface area contributed by atoms with Gasteiger partial charge in [0.2, 0.25) is 23.5 Å². The monoisotopic (exact) mass is 628 g/mol. The SMILES string of the molecule is CCC(C)C1NC(=O)[C@H](C)[C@H](O)[C@H](Cc2c(F)c(F)c(F)c(F)c2F)NC(=O)[C@@H](NC(=O)c2ccccc2O)[C@@H](C)NC1=O. The fourth-order valence-electron chi connectivity index (χ4n) is 4.77. The van der Waals surface area contributed by atoms with Gasteiger partial charge in [0.05, 0.1) is 29.7 Å². The van der Waals surface area contributed by atoms with Crippen LogP contribution in [-0.2, 0) is 20.8 Å². The minimum atomic E-state index is -2.41. The standard InChI is InChI=1S/C29H33F5N4O6/c1-5-11(2)23-28(43)35-13(4)24(38-27(42)14-8-6-7-9-17(14)39)29(44)36-16(25(40)12(3)26(41)37-23)10-15-18(30)20(32)22(34)21(33)19(15)31/h6-9,11-13,16,23-25,39-40H,5,10H2,1-4H3,(H,35,43)(H,36,44)(H,37,41)(H,38,42)/t11?,12-,13-,16+,23?,24+,25+/m1/s1. The minimum absolute atomic E-state index is 0.249. The van der Waals surface area contributed by atoms with Gasteiger partial charge in [-0.2, -0.15) is 0 Å². The molecule has 4 amide bonds. The van der Waals surface area contributed by atoms with E-state index in [1.165, 1.54) is 38.1 Å². The van der Waals surface area contributed by atoms with Gasteiger partial charge in [-0.25, -0.2) is 22.0 Å². The van der Waals surface area contributed by atoms with Crippen LogP contribution in [0.4, 0.5) is 22.0 Å². The average Bonchev–Trinajstić information content (AvgIpc) is 2.99. The first-order valence-corrected chi connectivity index (χ1v) is 13.8. The average molecular weight is 629 g/mol. The Morgan fingerprint density at radius 2 is 1.45 bits per heavy atom. The summed E-state index contributed by atoms with van der Waals surface area (Å²) in [5, 5.41) is 30.9. The van der Waals surface area contributed by atoms with Crippen LogP contribution in [0.1, 0.15) is 50.0 Å². The Labute approximate surface area is 249 Å². The number of aromatic hydroxyl groups is 1. The van der Waals surface area contributed by atoms with Gasteiger partial charge in [0.25, 0.3) is 5.91 Å². The van der Waals surface area contributed by atoms with E-state index in [-0.39, 0.29) is 5.56 Å². The van der Waals surface area contributed by atoms with E-state index in [1.54, 1.807) is 13.8 Å². The molecule has 0 saturated carbocycles. The first-order chi connectivity index (χ1) is 20.6. The number of phenols is 1. The summed E-state index contributed by atoms with van der Waals surface area (Å²) >= 11 is 0. The number of benzene rings is 2. The topological polar surface area (TPSA) is 157 Å². The van der Waals surface area contributed by atoms with Crippen LogP contribution in [0.3, 0.4) is 0 Å². The normalized spacial score (nSPS) is 25.5. The number of nitrogens with one attached hydrogen (secondary N) is 4. The third kappa shape index (κ3) is 7.09. The number of amides is 4. The lowest BCUT2D eigenvalue weighted by Gasteiger charge is -2.35. The van der Waals surface area contributed by atoms with Crippen molar-refractivity contribution in [3.05, 3.63) is 64.5 Å². The summed E-state index contributed by atoms with van der Waals surface area (Å²) in [6.07, 6.45) is -2.74. The van der Waals surface area contributed by atoms with Crippen molar-refractivity contribution in [1.29, 1.82) is 0 Å². The van der Waals surface area contributed by atoms with Gasteiger partial charge in [0.1, 0.15) is 17.8 Å². The molecule has 2 aromatic rings. The van der Waals surface area contributed by atoms with Crippen molar-refractivity contribution in [2.24, 2.45) is 11.8 Å². The number of hydrogen-bond donors (Lipinski definition) is 6. The summed E-state index contributed by atoms with van der Waals surface area (Å²) in [6, 6.07) is -0.609. The molecule has 0 aliphatic carbocycles. The van der Waals surface area contributed by atoms with Crippen LogP contribution in [0.2, 0.25) is 0 Å². The zero-order valence-corrected chi connectivity index (χ0v) is 24.2.